The van der Waals surface area contributed by atoms with Crippen LogP contribution in [0.1, 0.15) is 27.1 Å². The third-order valence-electron chi connectivity index (χ3n) is 5.45. The summed E-state index contributed by atoms with van der Waals surface area (Å²) in [6.45, 7) is -0.0575. The molecule has 0 unspecified atom stereocenters. The van der Waals surface area contributed by atoms with Crippen LogP contribution >= 0.6 is 15.9 Å². The van der Waals surface area contributed by atoms with Gasteiger partial charge < -0.3 is 15.0 Å². The smallest absolute Gasteiger partial charge is 0.338 e. The number of ketones is 1. The molecule has 1 saturated heterocycles. The largest absolute Gasteiger partial charge is 0.454 e. The SMILES string of the molecule is O=C(COC(=O)c1ccc(NC(=O)[C@H]2CC(=O)N(c3ccccc3)C2)cc1)c1ccc(Br)cc1. The molecule has 1 heterocycles. The van der Waals surface area contributed by atoms with Crippen LogP contribution in [-0.2, 0) is 14.3 Å². The summed E-state index contributed by atoms with van der Waals surface area (Å²) in [6, 6.07) is 22.2. The van der Waals surface area contributed by atoms with Crippen LogP contribution < -0.4 is 10.2 Å². The summed E-state index contributed by atoms with van der Waals surface area (Å²) in [7, 11) is 0. The summed E-state index contributed by atoms with van der Waals surface area (Å²) in [5.74, 6) is -1.77. The van der Waals surface area contributed by atoms with Crippen molar-refractivity contribution in [2.24, 2.45) is 5.92 Å². The van der Waals surface area contributed by atoms with Crippen LogP contribution in [0.25, 0.3) is 0 Å². The molecule has 1 aliphatic heterocycles. The van der Waals surface area contributed by atoms with Crippen molar-refractivity contribution >= 4 is 50.9 Å². The molecule has 3 aromatic carbocycles. The van der Waals surface area contributed by atoms with Gasteiger partial charge in [0.1, 0.15) is 0 Å². The van der Waals surface area contributed by atoms with E-state index in [2.05, 4.69) is 21.2 Å². The molecule has 1 atom stereocenters. The lowest BCUT2D eigenvalue weighted by Gasteiger charge is -2.16. The first-order valence-electron chi connectivity index (χ1n) is 10.6. The van der Waals surface area contributed by atoms with Gasteiger partial charge in [0.2, 0.25) is 11.8 Å². The number of anilines is 2. The first kappa shape index (κ1) is 23.4. The molecule has 0 radical (unpaired) electrons. The Hall–Kier alpha value is -3.78. The molecule has 0 spiro atoms. The maximum atomic E-state index is 12.7. The predicted octanol–water partition coefficient (Wildman–Crippen LogP) is 4.48. The number of carbonyl (C=O) groups excluding carboxylic acids is 4. The van der Waals surface area contributed by atoms with E-state index < -0.39 is 11.9 Å². The van der Waals surface area contributed by atoms with E-state index in [-0.39, 0.29) is 36.2 Å². The van der Waals surface area contributed by atoms with Gasteiger partial charge in [-0.05, 0) is 48.5 Å². The molecule has 8 heteroatoms. The minimum absolute atomic E-state index is 0.0953. The van der Waals surface area contributed by atoms with Crippen LogP contribution in [0.2, 0.25) is 0 Å². The maximum Gasteiger partial charge on any atom is 0.338 e. The fraction of sp³-hybridized carbons (Fsp3) is 0.154. The van der Waals surface area contributed by atoms with Gasteiger partial charge in [0.05, 0.1) is 11.5 Å². The van der Waals surface area contributed by atoms with Gasteiger partial charge in [0.15, 0.2) is 12.4 Å². The molecular weight excluding hydrogens is 500 g/mol. The van der Waals surface area contributed by atoms with Crippen LogP contribution in [0.15, 0.2) is 83.3 Å². The van der Waals surface area contributed by atoms with E-state index in [1.807, 2.05) is 30.3 Å². The summed E-state index contributed by atoms with van der Waals surface area (Å²) >= 11 is 3.30. The number of benzene rings is 3. The van der Waals surface area contributed by atoms with Crippen LogP contribution in [-0.4, -0.2) is 36.7 Å². The third-order valence-corrected chi connectivity index (χ3v) is 5.98. The van der Waals surface area contributed by atoms with Crippen molar-refractivity contribution < 1.29 is 23.9 Å². The Balaban J connectivity index is 1.29. The van der Waals surface area contributed by atoms with Gasteiger partial charge in [-0.1, -0.05) is 46.3 Å². The number of esters is 1. The molecule has 2 amide bonds. The minimum atomic E-state index is -0.636. The first-order valence-corrected chi connectivity index (χ1v) is 11.4. The Labute approximate surface area is 204 Å². The van der Waals surface area contributed by atoms with E-state index in [4.69, 9.17) is 4.74 Å². The van der Waals surface area contributed by atoms with Gasteiger partial charge in [0.25, 0.3) is 0 Å². The second-order valence-corrected chi connectivity index (χ2v) is 8.73. The molecule has 0 bridgehead atoms. The quantitative estimate of drug-likeness (QED) is 0.366. The Morgan fingerprint density at radius 1 is 0.912 bits per heavy atom. The van der Waals surface area contributed by atoms with Crippen LogP contribution in [0.5, 0.6) is 0 Å². The predicted molar refractivity (Wildman–Crippen MR) is 131 cm³/mol. The summed E-state index contributed by atoms with van der Waals surface area (Å²) in [5, 5.41) is 2.79. The molecule has 4 rings (SSSR count). The van der Waals surface area contributed by atoms with Crippen LogP contribution in [0, 0.1) is 5.92 Å². The molecule has 1 fully saturated rings. The number of nitrogens with zero attached hydrogens (tertiary/aromatic N) is 1. The lowest BCUT2D eigenvalue weighted by molar-refractivity contribution is -0.122. The van der Waals surface area contributed by atoms with E-state index in [1.54, 1.807) is 41.3 Å². The molecule has 0 aliphatic carbocycles. The molecule has 34 heavy (non-hydrogen) atoms. The van der Waals surface area contributed by atoms with Crippen molar-refractivity contribution in [2.75, 3.05) is 23.4 Å². The highest BCUT2D eigenvalue weighted by atomic mass is 79.9. The zero-order valence-corrected chi connectivity index (χ0v) is 19.7. The molecule has 1 N–H and O–H groups in total. The zero-order chi connectivity index (χ0) is 24.1. The van der Waals surface area contributed by atoms with E-state index >= 15 is 0 Å². The van der Waals surface area contributed by atoms with Gasteiger partial charge in [-0.3, -0.25) is 14.4 Å². The van der Waals surface area contributed by atoms with Crippen molar-refractivity contribution in [3.8, 4) is 0 Å². The van der Waals surface area contributed by atoms with Crippen molar-refractivity contribution in [3.05, 3.63) is 94.5 Å². The second kappa shape index (κ2) is 10.4. The fourth-order valence-corrected chi connectivity index (χ4v) is 3.87. The number of rotatable bonds is 7. The maximum absolute atomic E-state index is 12.7. The lowest BCUT2D eigenvalue weighted by atomic mass is 10.1. The van der Waals surface area contributed by atoms with Crippen molar-refractivity contribution in [3.63, 3.8) is 0 Å². The van der Waals surface area contributed by atoms with Gasteiger partial charge in [-0.15, -0.1) is 0 Å². The monoisotopic (exact) mass is 520 g/mol. The molecule has 7 nitrogen and oxygen atoms in total. The fourth-order valence-electron chi connectivity index (χ4n) is 3.61. The number of amides is 2. The highest BCUT2D eigenvalue weighted by molar-refractivity contribution is 9.10. The molecule has 3 aromatic rings. The Kier molecular flexibility index (Phi) is 7.18. The average molecular weight is 521 g/mol. The number of Topliss-reactive ketones (excluding diaryl/α,β-unsaturated/α-hetero) is 1. The summed E-state index contributed by atoms with van der Waals surface area (Å²) in [6.07, 6.45) is 0.136. The number of hydrogen-bond acceptors (Lipinski definition) is 5. The standard InChI is InChI=1S/C26H21BrN2O5/c27-20-10-6-17(7-11-20)23(30)16-34-26(33)18-8-12-21(13-9-18)28-25(32)19-14-24(31)29(15-19)22-4-2-1-3-5-22/h1-13,19H,14-16H2,(H,28,32)/t19-/m0/s1. The Bertz CT molecular complexity index is 1210. The highest BCUT2D eigenvalue weighted by Gasteiger charge is 2.35. The van der Waals surface area contributed by atoms with E-state index in [9.17, 15) is 19.2 Å². The number of para-hydroxylation sites is 1. The lowest BCUT2D eigenvalue weighted by Crippen LogP contribution is -2.28. The minimum Gasteiger partial charge on any atom is -0.454 e. The number of ether oxygens (including phenoxy) is 1. The van der Waals surface area contributed by atoms with Gasteiger partial charge in [-0.2, -0.15) is 0 Å². The van der Waals surface area contributed by atoms with Gasteiger partial charge >= 0.3 is 5.97 Å². The first-order chi connectivity index (χ1) is 16.4. The van der Waals surface area contributed by atoms with Crippen molar-refractivity contribution in [1.29, 1.82) is 0 Å². The highest BCUT2D eigenvalue weighted by Crippen LogP contribution is 2.26. The summed E-state index contributed by atoms with van der Waals surface area (Å²) < 4.78 is 5.96. The van der Waals surface area contributed by atoms with Crippen LogP contribution in [0.3, 0.4) is 0 Å². The molecule has 172 valence electrons. The molecule has 0 saturated carbocycles. The van der Waals surface area contributed by atoms with E-state index in [0.717, 1.165) is 10.2 Å². The molecule has 1 aliphatic rings. The Morgan fingerprint density at radius 3 is 2.24 bits per heavy atom. The zero-order valence-electron chi connectivity index (χ0n) is 18.1. The van der Waals surface area contributed by atoms with Gasteiger partial charge in [-0.25, -0.2) is 4.79 Å². The van der Waals surface area contributed by atoms with Crippen molar-refractivity contribution in [2.45, 2.75) is 6.42 Å². The molecule has 0 aromatic heterocycles. The number of nitrogens with one attached hydrogen (secondary N) is 1. The van der Waals surface area contributed by atoms with Gasteiger partial charge in [0, 0.05) is 34.4 Å². The number of carbonyl (C=O) groups is 4. The number of hydrogen-bond donors (Lipinski definition) is 1. The van der Waals surface area contributed by atoms with Crippen LogP contribution in [0.4, 0.5) is 11.4 Å². The second-order valence-electron chi connectivity index (χ2n) is 7.81. The summed E-state index contributed by atoms with van der Waals surface area (Å²) in [5.41, 5.74) is 1.97. The Morgan fingerprint density at radius 2 is 1.56 bits per heavy atom. The van der Waals surface area contributed by atoms with E-state index in [1.165, 1.54) is 12.1 Å². The molecular formula is C26H21BrN2O5. The summed E-state index contributed by atoms with van der Waals surface area (Å²) in [4.78, 5) is 51.1. The topological polar surface area (TPSA) is 92.8 Å². The number of halogens is 1. The normalized spacial score (nSPS) is 15.1. The van der Waals surface area contributed by atoms with E-state index in [0.29, 0.717) is 17.8 Å². The average Bonchev–Trinajstić information content (AvgIpc) is 3.25. The van der Waals surface area contributed by atoms with Crippen molar-refractivity contribution in [1.82, 2.24) is 0 Å². The third kappa shape index (κ3) is 5.58.